The van der Waals surface area contributed by atoms with E-state index in [-0.39, 0.29) is 0 Å². The van der Waals surface area contributed by atoms with Crippen LogP contribution in [0.4, 0.5) is 0 Å². The van der Waals surface area contributed by atoms with E-state index in [0.29, 0.717) is 11.8 Å². The molecule has 12 rings (SSSR count). The monoisotopic (exact) mass is 789 g/mol. The molecule has 1 spiro atoms. The number of aromatic nitrogens is 1. The van der Waals surface area contributed by atoms with Gasteiger partial charge in [0.2, 0.25) is 0 Å². The van der Waals surface area contributed by atoms with Crippen molar-refractivity contribution in [3.05, 3.63) is 222 Å². The molecule has 7 aromatic carbocycles. The molecule has 0 amide bonds. The molecule has 0 saturated heterocycles. The first-order valence-corrected chi connectivity index (χ1v) is 23.1. The first-order valence-electron chi connectivity index (χ1n) is 21.4. The normalized spacial score (nSPS) is 22.5. The Hall–Kier alpha value is -6.47. The van der Waals surface area contributed by atoms with E-state index in [0.717, 1.165) is 51.0 Å². The van der Waals surface area contributed by atoms with E-state index in [2.05, 4.69) is 194 Å². The van der Waals surface area contributed by atoms with Gasteiger partial charge in [0.05, 0.1) is 16.4 Å². The molecule has 288 valence electrons. The van der Waals surface area contributed by atoms with Crippen molar-refractivity contribution in [3.8, 4) is 22.3 Å². The lowest BCUT2D eigenvalue weighted by atomic mass is 9.61. The number of para-hydroxylation sites is 2. The highest BCUT2D eigenvalue weighted by atomic mass is 31.2. The van der Waals surface area contributed by atoms with E-state index in [4.69, 9.17) is 0 Å². The quantitative estimate of drug-likeness (QED) is 0.163. The molecule has 60 heavy (non-hydrogen) atoms. The Morgan fingerprint density at radius 1 is 0.600 bits per heavy atom. The van der Waals surface area contributed by atoms with Crippen LogP contribution in [0.25, 0.3) is 55.3 Å². The highest BCUT2D eigenvalue weighted by Gasteiger charge is 2.55. The van der Waals surface area contributed by atoms with Crippen LogP contribution < -0.4 is 15.9 Å². The van der Waals surface area contributed by atoms with Crippen LogP contribution in [0.15, 0.2) is 200 Å². The van der Waals surface area contributed by atoms with Crippen LogP contribution in [-0.2, 0) is 9.98 Å². The van der Waals surface area contributed by atoms with E-state index in [1.807, 2.05) is 18.2 Å². The highest BCUT2D eigenvalue weighted by Crippen LogP contribution is 2.62. The van der Waals surface area contributed by atoms with Gasteiger partial charge in [0.15, 0.2) is 7.14 Å². The molecule has 0 radical (unpaired) electrons. The fourth-order valence-corrected chi connectivity index (χ4v) is 14.2. The molecule has 0 fully saturated rings. The smallest absolute Gasteiger partial charge is 0.171 e. The zero-order chi connectivity index (χ0) is 40.2. The minimum Gasteiger partial charge on any atom is -0.312 e. The van der Waals surface area contributed by atoms with Gasteiger partial charge in [-0.25, -0.2) is 0 Å². The van der Waals surface area contributed by atoms with Crippen LogP contribution in [0.5, 0.6) is 0 Å². The van der Waals surface area contributed by atoms with Crippen molar-refractivity contribution in [2.75, 3.05) is 0 Å². The summed E-state index contributed by atoms with van der Waals surface area (Å²) >= 11 is 0. The molecular formula is C57H44NOP. The second-order valence-corrected chi connectivity index (χ2v) is 19.9. The molecular weight excluding hydrogens is 746 g/mol. The van der Waals surface area contributed by atoms with Gasteiger partial charge in [0.1, 0.15) is 0 Å². The van der Waals surface area contributed by atoms with Crippen LogP contribution in [0.3, 0.4) is 0 Å². The maximum Gasteiger partial charge on any atom is 0.171 e. The van der Waals surface area contributed by atoms with Gasteiger partial charge in [-0.2, -0.15) is 0 Å². The molecule has 0 saturated carbocycles. The number of allylic oxidation sites excluding steroid dienone is 8. The maximum absolute atomic E-state index is 16.5. The largest absolute Gasteiger partial charge is 0.312 e. The number of nitrogens with zero attached hydrogens (tertiary/aromatic N) is 1. The predicted octanol–water partition coefficient (Wildman–Crippen LogP) is 13.2. The van der Waals surface area contributed by atoms with Gasteiger partial charge in [-0.05, 0) is 98.5 Å². The average Bonchev–Trinajstić information content (AvgIpc) is 3.65. The summed E-state index contributed by atoms with van der Waals surface area (Å²) in [7, 11) is -3.33. The first-order chi connectivity index (χ1) is 29.5. The summed E-state index contributed by atoms with van der Waals surface area (Å²) in [4.78, 5) is 0. The summed E-state index contributed by atoms with van der Waals surface area (Å²) < 4.78 is 19.1. The van der Waals surface area contributed by atoms with Crippen molar-refractivity contribution in [1.82, 2.24) is 4.57 Å². The van der Waals surface area contributed by atoms with Crippen molar-refractivity contribution in [2.45, 2.75) is 32.1 Å². The lowest BCUT2D eigenvalue weighted by Gasteiger charge is -2.49. The third kappa shape index (κ3) is 4.86. The number of hydrogen-bond acceptors (Lipinski definition) is 1. The van der Waals surface area contributed by atoms with Crippen molar-refractivity contribution in [2.24, 2.45) is 11.8 Å². The Labute approximate surface area is 351 Å². The summed E-state index contributed by atoms with van der Waals surface area (Å²) in [6.07, 6.45) is 13.5. The Bertz CT molecular complexity index is 3250. The van der Waals surface area contributed by atoms with Crippen molar-refractivity contribution < 1.29 is 4.57 Å². The molecule has 8 aromatic rings. The summed E-state index contributed by atoms with van der Waals surface area (Å²) in [6.45, 7) is 4.63. The summed E-state index contributed by atoms with van der Waals surface area (Å²) in [5.41, 5.74) is 15.2. The number of fused-ring (bicyclic) bond motifs is 10. The first kappa shape index (κ1) is 35.5. The molecule has 1 aromatic heterocycles. The molecule has 2 nitrogen and oxygen atoms in total. The van der Waals surface area contributed by atoms with Gasteiger partial charge < -0.3 is 9.13 Å². The zero-order valence-corrected chi connectivity index (χ0v) is 34.7. The Morgan fingerprint density at radius 2 is 1.23 bits per heavy atom. The van der Waals surface area contributed by atoms with Crippen LogP contribution in [-0.4, -0.2) is 4.57 Å². The molecule has 0 bridgehead atoms. The van der Waals surface area contributed by atoms with Crippen LogP contribution in [0.2, 0.25) is 0 Å². The third-order valence-electron chi connectivity index (χ3n) is 13.9. The van der Waals surface area contributed by atoms with Crippen LogP contribution >= 0.6 is 7.14 Å². The SMILES string of the molecule is CC1C=CC2=C(C1)n1c3ccccc3c3cccc(c31)C21c2ccccc2P(=O)(c2ccccc2)c2ccc(-c3ccc(-c4ccc(C5=CC=CCC5C)cc4)cc3)cc21. The van der Waals surface area contributed by atoms with Gasteiger partial charge in [-0.3, -0.25) is 0 Å². The average molecular weight is 790 g/mol. The Morgan fingerprint density at radius 3 is 2.02 bits per heavy atom. The molecule has 2 aliphatic carbocycles. The maximum atomic E-state index is 16.5. The van der Waals surface area contributed by atoms with Gasteiger partial charge in [0, 0.05) is 32.4 Å². The van der Waals surface area contributed by atoms with Gasteiger partial charge in [0.25, 0.3) is 0 Å². The van der Waals surface area contributed by atoms with E-state index in [9.17, 15) is 0 Å². The van der Waals surface area contributed by atoms with E-state index in [1.54, 1.807) is 0 Å². The van der Waals surface area contributed by atoms with Crippen molar-refractivity contribution in [1.29, 1.82) is 0 Å². The fraction of sp³-hybridized carbons (Fsp3) is 0.123. The van der Waals surface area contributed by atoms with Crippen molar-refractivity contribution >= 4 is 56.1 Å². The fourth-order valence-electron chi connectivity index (χ4n) is 11.1. The second kappa shape index (κ2) is 13.3. The molecule has 4 unspecified atom stereocenters. The van der Waals surface area contributed by atoms with E-state index >= 15 is 4.57 Å². The van der Waals surface area contributed by atoms with E-state index < -0.39 is 12.6 Å². The molecule has 2 aliphatic heterocycles. The summed E-state index contributed by atoms with van der Waals surface area (Å²) in [5, 5.41) is 5.24. The number of benzene rings is 7. The van der Waals surface area contributed by atoms with Crippen molar-refractivity contribution in [3.63, 3.8) is 0 Å². The van der Waals surface area contributed by atoms with E-state index in [1.165, 1.54) is 60.9 Å². The van der Waals surface area contributed by atoms with Gasteiger partial charge in [-0.15, -0.1) is 0 Å². The molecule has 3 heteroatoms. The summed E-state index contributed by atoms with van der Waals surface area (Å²) in [6, 6.07) is 59.5. The second-order valence-electron chi connectivity index (χ2n) is 17.2. The minimum absolute atomic E-state index is 0.377. The number of rotatable bonds is 4. The van der Waals surface area contributed by atoms with Crippen LogP contribution in [0.1, 0.15) is 48.9 Å². The standard InChI is InChI=1S/C57H44NOP/c1-37-23-33-48-53(35-37)58-52-21-10-8-17-46(52)47-18-12-20-50(56(47)58)57(48)49-19-9-11-22-54(49)60(59,44-14-4-3-5-15-44)55-34-32-43(36-51(55)57)41-26-24-39(25-27-41)40-28-30-42(31-29-40)45-16-7-6-13-38(45)2/h3-12,14-34,36-38H,13,35H2,1-2H3. The summed E-state index contributed by atoms with van der Waals surface area (Å²) in [5.74, 6) is 0.903. The van der Waals surface area contributed by atoms with Gasteiger partial charge >= 0.3 is 0 Å². The molecule has 4 atom stereocenters. The minimum atomic E-state index is -3.33. The van der Waals surface area contributed by atoms with Gasteiger partial charge in [-0.1, -0.05) is 190 Å². The highest BCUT2D eigenvalue weighted by molar-refractivity contribution is 7.85. The zero-order valence-electron chi connectivity index (χ0n) is 33.8. The lowest BCUT2D eigenvalue weighted by molar-refractivity contribution is 0.589. The van der Waals surface area contributed by atoms with Crippen LogP contribution in [0, 0.1) is 11.8 Å². The Kier molecular flexibility index (Phi) is 7.84. The lowest BCUT2D eigenvalue weighted by Crippen LogP contribution is -2.48. The topological polar surface area (TPSA) is 22.0 Å². The molecule has 3 heterocycles. The molecule has 0 N–H and O–H groups in total. The Balaban J connectivity index is 1.10. The molecule has 4 aliphatic rings. The number of hydrogen-bond donors (Lipinski definition) is 0. The third-order valence-corrected chi connectivity index (χ3v) is 17.1. The predicted molar refractivity (Wildman–Crippen MR) is 253 cm³/mol.